The molecule has 0 unspecified atom stereocenters. The first kappa shape index (κ1) is 16.6. The van der Waals surface area contributed by atoms with E-state index < -0.39 is 16.8 Å². The Bertz CT molecular complexity index is 613. The Balaban J connectivity index is 1.70. The lowest BCUT2D eigenvalue weighted by atomic mass is 9.46. The average Bonchev–Trinajstić information content (AvgIpc) is 3.18. The van der Waals surface area contributed by atoms with Crippen molar-refractivity contribution in [2.45, 2.75) is 84.3 Å². The van der Waals surface area contributed by atoms with E-state index in [9.17, 15) is 14.7 Å². The molecule has 4 heteroatoms. The predicted molar refractivity (Wildman–Crippen MR) is 89.5 cm³/mol. The number of ether oxygens (including phenoxy) is 1. The van der Waals surface area contributed by atoms with Crippen LogP contribution in [0.1, 0.15) is 72.6 Å². The number of carboxylic acids is 1. The number of rotatable bonds is 2. The number of Topliss-reactive ketones (excluding diaryl/α,β-unsaturated/α-hetero) is 1. The fraction of sp³-hybridized carbons (Fsp3) is 0.900. The van der Waals surface area contributed by atoms with Crippen LogP contribution in [0.25, 0.3) is 0 Å². The summed E-state index contributed by atoms with van der Waals surface area (Å²) in [7, 11) is 0. The first-order valence-electron chi connectivity index (χ1n) is 9.60. The van der Waals surface area contributed by atoms with Gasteiger partial charge >= 0.3 is 5.97 Å². The molecule has 1 saturated heterocycles. The van der Waals surface area contributed by atoms with Crippen molar-refractivity contribution in [2.75, 3.05) is 0 Å². The van der Waals surface area contributed by atoms with E-state index in [4.69, 9.17) is 4.74 Å². The Hall–Kier alpha value is -0.900. The van der Waals surface area contributed by atoms with Crippen LogP contribution in [0.3, 0.4) is 0 Å². The molecular weight excluding hydrogens is 304 g/mol. The van der Waals surface area contributed by atoms with Gasteiger partial charge in [0.2, 0.25) is 0 Å². The lowest BCUT2D eigenvalue weighted by molar-refractivity contribution is -0.174. The highest BCUT2D eigenvalue weighted by Gasteiger charge is 2.77. The zero-order valence-electron chi connectivity index (χ0n) is 15.4. The standard InChI is InChI=1S/C20H30O4/c1-12(2)20-11-10-19(15(20)24-20)9-6-13-17(3,14(19)21)7-5-8-18(13,4)16(22)23/h12-13,15H,5-11H2,1-4H3,(H,22,23)/t13-,15+,17+,18-,19-,20+/m1/s1. The van der Waals surface area contributed by atoms with Gasteiger partial charge in [0.25, 0.3) is 0 Å². The third kappa shape index (κ3) is 1.69. The zero-order chi connectivity index (χ0) is 17.5. The number of carbonyl (C=O) groups is 2. The van der Waals surface area contributed by atoms with Crippen LogP contribution in [0, 0.1) is 28.1 Å². The molecule has 6 atom stereocenters. The van der Waals surface area contributed by atoms with Gasteiger partial charge in [-0.25, -0.2) is 0 Å². The number of carbonyl (C=O) groups excluding carboxylic acids is 1. The summed E-state index contributed by atoms with van der Waals surface area (Å²) in [6, 6.07) is 0. The summed E-state index contributed by atoms with van der Waals surface area (Å²) in [6.45, 7) is 8.31. The van der Waals surface area contributed by atoms with Crippen LogP contribution in [0.4, 0.5) is 0 Å². The highest BCUT2D eigenvalue weighted by atomic mass is 16.6. The molecule has 0 amide bonds. The molecule has 4 nitrogen and oxygen atoms in total. The molecule has 1 spiro atoms. The van der Waals surface area contributed by atoms with Crippen LogP contribution in [0.15, 0.2) is 0 Å². The van der Waals surface area contributed by atoms with E-state index in [1.807, 2.05) is 6.92 Å². The maximum Gasteiger partial charge on any atom is 0.309 e. The lowest BCUT2D eigenvalue weighted by Crippen LogP contribution is -2.59. The van der Waals surface area contributed by atoms with Crippen LogP contribution < -0.4 is 0 Å². The van der Waals surface area contributed by atoms with Gasteiger partial charge in [-0.15, -0.1) is 0 Å². The van der Waals surface area contributed by atoms with Crippen LogP contribution >= 0.6 is 0 Å². The second-order valence-electron chi connectivity index (χ2n) is 9.68. The first-order chi connectivity index (χ1) is 11.1. The highest BCUT2D eigenvalue weighted by molar-refractivity contribution is 5.94. The molecule has 4 aliphatic rings. The summed E-state index contributed by atoms with van der Waals surface area (Å²) in [4.78, 5) is 25.7. The average molecular weight is 334 g/mol. The third-order valence-electron chi connectivity index (χ3n) is 8.43. The van der Waals surface area contributed by atoms with Gasteiger partial charge in [-0.05, 0) is 57.3 Å². The minimum atomic E-state index is -0.761. The van der Waals surface area contributed by atoms with Gasteiger partial charge in [0.05, 0.1) is 16.4 Å². The molecular formula is C20H30O4. The van der Waals surface area contributed by atoms with Gasteiger partial charge in [-0.1, -0.05) is 27.2 Å². The van der Waals surface area contributed by atoms with Gasteiger partial charge in [-0.3, -0.25) is 9.59 Å². The Morgan fingerprint density at radius 1 is 1.17 bits per heavy atom. The molecule has 1 aliphatic heterocycles. The molecule has 0 radical (unpaired) electrons. The number of epoxide rings is 1. The number of hydrogen-bond acceptors (Lipinski definition) is 3. The van der Waals surface area contributed by atoms with E-state index in [1.165, 1.54) is 0 Å². The van der Waals surface area contributed by atoms with Crippen molar-refractivity contribution in [3.63, 3.8) is 0 Å². The second-order valence-corrected chi connectivity index (χ2v) is 9.68. The molecule has 134 valence electrons. The molecule has 1 heterocycles. The summed E-state index contributed by atoms with van der Waals surface area (Å²) in [5, 5.41) is 9.83. The van der Waals surface area contributed by atoms with E-state index >= 15 is 0 Å². The van der Waals surface area contributed by atoms with Crippen LogP contribution in [0.2, 0.25) is 0 Å². The normalized spacial score (nSPS) is 53.1. The van der Waals surface area contributed by atoms with E-state index in [1.54, 1.807) is 0 Å². The van der Waals surface area contributed by atoms with Crippen LogP contribution in [0.5, 0.6) is 0 Å². The van der Waals surface area contributed by atoms with Crippen LogP contribution in [-0.2, 0) is 14.3 Å². The fourth-order valence-electron chi connectivity index (χ4n) is 6.85. The number of ketones is 1. The summed E-state index contributed by atoms with van der Waals surface area (Å²) in [5.41, 5.74) is -1.68. The molecule has 3 saturated carbocycles. The smallest absolute Gasteiger partial charge is 0.309 e. The SMILES string of the molecule is CC(C)[C@@]12CC[C@@]3(CC[C@H]4[C@](C)(C(=O)O)CCC[C@]4(C)C3=O)[C@@H]1O2. The molecule has 1 N–H and O–H groups in total. The summed E-state index contributed by atoms with van der Waals surface area (Å²) in [6.07, 6.45) is 6.01. The number of hydrogen-bond donors (Lipinski definition) is 1. The molecule has 3 aliphatic carbocycles. The van der Waals surface area contributed by atoms with Crippen molar-refractivity contribution in [1.29, 1.82) is 0 Å². The minimum absolute atomic E-state index is 0.0397. The third-order valence-corrected chi connectivity index (χ3v) is 8.43. The summed E-state index contributed by atoms with van der Waals surface area (Å²) in [5.74, 6) is -0.00531. The van der Waals surface area contributed by atoms with Crippen molar-refractivity contribution in [3.8, 4) is 0 Å². The van der Waals surface area contributed by atoms with Gasteiger partial charge < -0.3 is 9.84 Å². The number of aliphatic carboxylic acids is 1. The highest BCUT2D eigenvalue weighted by Crippen LogP contribution is 2.70. The molecule has 0 aromatic carbocycles. The topological polar surface area (TPSA) is 66.9 Å². The molecule has 0 aromatic rings. The molecule has 4 rings (SSSR count). The van der Waals surface area contributed by atoms with E-state index in [-0.39, 0.29) is 23.0 Å². The Kier molecular flexibility index (Phi) is 3.19. The molecule has 24 heavy (non-hydrogen) atoms. The van der Waals surface area contributed by atoms with Crippen LogP contribution in [-0.4, -0.2) is 28.6 Å². The predicted octanol–water partition coefficient (Wildman–Crippen LogP) is 3.82. The van der Waals surface area contributed by atoms with Crippen molar-refractivity contribution in [3.05, 3.63) is 0 Å². The van der Waals surface area contributed by atoms with Gasteiger partial charge in [0.1, 0.15) is 11.9 Å². The molecule has 0 aromatic heterocycles. The Labute approximate surface area is 144 Å². The Morgan fingerprint density at radius 2 is 1.88 bits per heavy atom. The molecule has 0 bridgehead atoms. The number of fused-ring (bicyclic) bond motifs is 3. The van der Waals surface area contributed by atoms with E-state index in [0.29, 0.717) is 18.1 Å². The summed E-state index contributed by atoms with van der Waals surface area (Å²) < 4.78 is 6.15. The minimum Gasteiger partial charge on any atom is -0.481 e. The monoisotopic (exact) mass is 334 g/mol. The maximum absolute atomic E-state index is 13.7. The Morgan fingerprint density at radius 3 is 2.42 bits per heavy atom. The number of carboxylic acid groups (broad SMARTS) is 1. The van der Waals surface area contributed by atoms with Crippen molar-refractivity contribution < 1.29 is 19.4 Å². The van der Waals surface area contributed by atoms with Gasteiger partial charge in [0.15, 0.2) is 0 Å². The summed E-state index contributed by atoms with van der Waals surface area (Å²) >= 11 is 0. The zero-order valence-corrected chi connectivity index (χ0v) is 15.4. The maximum atomic E-state index is 13.7. The van der Waals surface area contributed by atoms with Gasteiger partial charge in [-0.2, -0.15) is 0 Å². The van der Waals surface area contributed by atoms with E-state index in [2.05, 4.69) is 20.8 Å². The quantitative estimate of drug-likeness (QED) is 0.780. The largest absolute Gasteiger partial charge is 0.481 e. The van der Waals surface area contributed by atoms with Crippen molar-refractivity contribution in [2.24, 2.45) is 28.1 Å². The van der Waals surface area contributed by atoms with E-state index in [0.717, 1.165) is 38.5 Å². The second kappa shape index (κ2) is 4.63. The van der Waals surface area contributed by atoms with Crippen molar-refractivity contribution >= 4 is 11.8 Å². The lowest BCUT2D eigenvalue weighted by Gasteiger charge is -2.56. The van der Waals surface area contributed by atoms with Gasteiger partial charge in [0, 0.05) is 5.41 Å². The van der Waals surface area contributed by atoms with Crippen molar-refractivity contribution in [1.82, 2.24) is 0 Å². The first-order valence-corrected chi connectivity index (χ1v) is 9.60. The molecule has 4 fully saturated rings. The fourth-order valence-corrected chi connectivity index (χ4v) is 6.85.